The number of nitrogens with zero attached hydrogens (tertiary/aromatic N) is 2. The predicted molar refractivity (Wildman–Crippen MR) is 136 cm³/mol. The number of benzene rings is 3. The predicted octanol–water partition coefficient (Wildman–Crippen LogP) is 3.45. The number of morpholine rings is 1. The Morgan fingerprint density at radius 2 is 1.80 bits per heavy atom. The highest BCUT2D eigenvalue weighted by Gasteiger charge is 2.28. The van der Waals surface area contributed by atoms with Crippen molar-refractivity contribution in [1.82, 2.24) is 10.2 Å². The van der Waals surface area contributed by atoms with Crippen molar-refractivity contribution in [1.29, 1.82) is 0 Å². The Kier molecular flexibility index (Phi) is 6.70. The highest BCUT2D eigenvalue weighted by molar-refractivity contribution is 6.20. The van der Waals surface area contributed by atoms with Gasteiger partial charge in [-0.3, -0.25) is 14.5 Å². The van der Waals surface area contributed by atoms with Crippen LogP contribution in [0.5, 0.6) is 0 Å². The molecule has 0 bridgehead atoms. The molecule has 1 fully saturated rings. The Morgan fingerprint density at radius 3 is 2.63 bits per heavy atom. The van der Waals surface area contributed by atoms with Crippen LogP contribution in [0, 0.1) is 0 Å². The lowest BCUT2D eigenvalue weighted by Crippen LogP contribution is -2.44. The van der Waals surface area contributed by atoms with Crippen LogP contribution in [-0.4, -0.2) is 54.4 Å². The van der Waals surface area contributed by atoms with Gasteiger partial charge in [0.2, 0.25) is 6.17 Å². The average Bonchev–Trinajstić information content (AvgIpc) is 3.02. The molecule has 7 nitrogen and oxygen atoms in total. The molecular weight excluding hydrogens is 440 g/mol. The molecule has 0 saturated carbocycles. The quantitative estimate of drug-likeness (QED) is 0.601. The van der Waals surface area contributed by atoms with Crippen LogP contribution in [0.25, 0.3) is 0 Å². The largest absolute Gasteiger partial charge is 0.379 e. The lowest BCUT2D eigenvalue weighted by atomic mass is 10.0. The maximum absolute atomic E-state index is 13.4. The molecule has 35 heavy (non-hydrogen) atoms. The summed E-state index contributed by atoms with van der Waals surface area (Å²) < 4.78 is 5.54. The first-order valence-electron chi connectivity index (χ1n) is 11.8. The summed E-state index contributed by atoms with van der Waals surface area (Å²) in [5.41, 5.74) is 4.45. The number of benzodiazepines with no additional fused rings is 1. The van der Waals surface area contributed by atoms with Gasteiger partial charge in [0.05, 0.1) is 24.6 Å². The van der Waals surface area contributed by atoms with Gasteiger partial charge in [0.25, 0.3) is 11.8 Å². The Labute approximate surface area is 204 Å². The van der Waals surface area contributed by atoms with Gasteiger partial charge in [0.1, 0.15) is 0 Å². The first-order valence-corrected chi connectivity index (χ1v) is 11.8. The summed E-state index contributed by atoms with van der Waals surface area (Å²) in [7, 11) is 0. The van der Waals surface area contributed by atoms with E-state index in [9.17, 15) is 9.59 Å². The Balaban J connectivity index is 1.44. The molecule has 2 aliphatic heterocycles. The van der Waals surface area contributed by atoms with Gasteiger partial charge in [-0.25, -0.2) is 4.99 Å². The van der Waals surface area contributed by atoms with Crippen molar-refractivity contribution in [3.05, 3.63) is 101 Å². The van der Waals surface area contributed by atoms with Gasteiger partial charge in [0.15, 0.2) is 0 Å². The molecule has 2 atom stereocenters. The molecule has 2 amide bonds. The highest BCUT2D eigenvalue weighted by Crippen LogP contribution is 2.24. The third-order valence-corrected chi connectivity index (χ3v) is 6.40. The van der Waals surface area contributed by atoms with E-state index in [-0.39, 0.29) is 17.9 Å². The first kappa shape index (κ1) is 23.0. The Hall–Kier alpha value is -3.81. The van der Waals surface area contributed by atoms with Crippen LogP contribution in [-0.2, 0) is 16.1 Å². The number of hydrogen-bond donors (Lipinski definition) is 2. The van der Waals surface area contributed by atoms with Gasteiger partial charge >= 0.3 is 0 Å². The molecule has 1 unspecified atom stereocenters. The van der Waals surface area contributed by atoms with Crippen LogP contribution in [0.4, 0.5) is 5.69 Å². The molecule has 1 saturated heterocycles. The standard InChI is InChI=1S/C28H28N4O3/c1-19-18-35-16-15-32(19)17-21-11-5-6-12-22(21)27(33)31-26-28(34)29-24-14-8-7-13-23(24)25(30-26)20-9-3-2-4-10-20/h2-14,19,26H,15-18H2,1H3,(H,29,34)(H,31,33)/t19-,26?/m1/s1. The van der Waals surface area contributed by atoms with Crippen molar-refractivity contribution in [2.45, 2.75) is 25.7 Å². The van der Waals surface area contributed by atoms with E-state index in [1.807, 2.05) is 72.8 Å². The van der Waals surface area contributed by atoms with Crippen LogP contribution in [0.15, 0.2) is 83.9 Å². The van der Waals surface area contributed by atoms with Crippen molar-refractivity contribution in [2.75, 3.05) is 25.1 Å². The van der Waals surface area contributed by atoms with Crippen molar-refractivity contribution in [2.24, 2.45) is 4.99 Å². The summed E-state index contributed by atoms with van der Waals surface area (Å²) in [4.78, 5) is 33.6. The molecule has 3 aromatic carbocycles. The zero-order valence-electron chi connectivity index (χ0n) is 19.6. The van der Waals surface area contributed by atoms with Crippen LogP contribution in [0.3, 0.4) is 0 Å². The van der Waals surface area contributed by atoms with Gasteiger partial charge < -0.3 is 15.4 Å². The van der Waals surface area contributed by atoms with Gasteiger partial charge in [-0.1, -0.05) is 66.7 Å². The molecule has 5 rings (SSSR count). The number of rotatable bonds is 5. The van der Waals surface area contributed by atoms with E-state index in [0.29, 0.717) is 36.7 Å². The van der Waals surface area contributed by atoms with E-state index >= 15 is 0 Å². The molecule has 178 valence electrons. The van der Waals surface area contributed by atoms with Gasteiger partial charge in [0, 0.05) is 35.8 Å². The summed E-state index contributed by atoms with van der Waals surface area (Å²) in [6, 6.07) is 25.0. The third-order valence-electron chi connectivity index (χ3n) is 6.40. The number of para-hydroxylation sites is 1. The number of fused-ring (bicyclic) bond motifs is 1. The Bertz CT molecular complexity index is 1260. The minimum Gasteiger partial charge on any atom is -0.379 e. The Morgan fingerprint density at radius 1 is 1.06 bits per heavy atom. The molecule has 0 aromatic heterocycles. The summed E-state index contributed by atoms with van der Waals surface area (Å²) in [6.07, 6.45) is -1.07. The highest BCUT2D eigenvalue weighted by atomic mass is 16.5. The molecule has 0 radical (unpaired) electrons. The van der Waals surface area contributed by atoms with E-state index in [0.717, 1.165) is 23.2 Å². The van der Waals surface area contributed by atoms with Crippen molar-refractivity contribution >= 4 is 23.2 Å². The summed E-state index contributed by atoms with van der Waals surface area (Å²) >= 11 is 0. The number of nitrogens with one attached hydrogen (secondary N) is 2. The SMILES string of the molecule is C[C@@H]1COCCN1Cc1ccccc1C(=O)NC1N=C(c2ccccc2)c2ccccc2NC1=O. The van der Waals surface area contributed by atoms with Crippen LogP contribution >= 0.6 is 0 Å². The summed E-state index contributed by atoms with van der Waals surface area (Å²) in [6.45, 7) is 4.92. The molecule has 7 heteroatoms. The maximum Gasteiger partial charge on any atom is 0.269 e. The number of carbonyl (C=O) groups is 2. The molecule has 0 spiro atoms. The molecule has 2 heterocycles. The van der Waals surface area contributed by atoms with Gasteiger partial charge in [-0.15, -0.1) is 0 Å². The van der Waals surface area contributed by atoms with Crippen molar-refractivity contribution in [3.63, 3.8) is 0 Å². The number of aliphatic imine (C=N–C) groups is 1. The normalized spacial score (nSPS) is 20.3. The lowest BCUT2D eigenvalue weighted by molar-refractivity contribution is -0.117. The number of carbonyl (C=O) groups excluding carboxylic acids is 2. The van der Waals surface area contributed by atoms with E-state index in [1.165, 1.54) is 0 Å². The number of amides is 2. The minimum absolute atomic E-state index is 0.268. The zero-order valence-corrected chi connectivity index (χ0v) is 19.6. The molecule has 0 aliphatic carbocycles. The number of ether oxygens (including phenoxy) is 1. The van der Waals surface area contributed by atoms with Gasteiger partial charge in [-0.05, 0) is 24.6 Å². The maximum atomic E-state index is 13.4. The van der Waals surface area contributed by atoms with Crippen LogP contribution < -0.4 is 10.6 Å². The molecule has 3 aromatic rings. The number of anilines is 1. The fourth-order valence-corrected chi connectivity index (χ4v) is 4.48. The topological polar surface area (TPSA) is 83.0 Å². The van der Waals surface area contributed by atoms with E-state index in [4.69, 9.17) is 9.73 Å². The van der Waals surface area contributed by atoms with E-state index in [1.54, 1.807) is 6.07 Å². The molecule has 2 N–H and O–H groups in total. The molecular formula is C28H28N4O3. The minimum atomic E-state index is -1.07. The van der Waals surface area contributed by atoms with Crippen LogP contribution in [0.2, 0.25) is 0 Å². The van der Waals surface area contributed by atoms with E-state index in [2.05, 4.69) is 22.5 Å². The third kappa shape index (κ3) is 5.01. The second kappa shape index (κ2) is 10.2. The van der Waals surface area contributed by atoms with Crippen molar-refractivity contribution < 1.29 is 14.3 Å². The number of hydrogen-bond acceptors (Lipinski definition) is 5. The summed E-state index contributed by atoms with van der Waals surface area (Å²) in [5, 5.41) is 5.79. The first-order chi connectivity index (χ1) is 17.1. The lowest BCUT2D eigenvalue weighted by Gasteiger charge is -2.33. The smallest absolute Gasteiger partial charge is 0.269 e. The second-order valence-electron chi connectivity index (χ2n) is 8.81. The van der Waals surface area contributed by atoms with Crippen LogP contribution in [0.1, 0.15) is 34.0 Å². The molecule has 2 aliphatic rings. The van der Waals surface area contributed by atoms with Crippen molar-refractivity contribution in [3.8, 4) is 0 Å². The van der Waals surface area contributed by atoms with E-state index < -0.39 is 6.17 Å². The average molecular weight is 469 g/mol. The monoisotopic (exact) mass is 468 g/mol. The summed E-state index contributed by atoms with van der Waals surface area (Å²) in [5.74, 6) is -0.709. The fourth-order valence-electron chi connectivity index (χ4n) is 4.48. The fraction of sp³-hybridized carbons (Fsp3) is 0.250. The second-order valence-corrected chi connectivity index (χ2v) is 8.81. The van der Waals surface area contributed by atoms with Gasteiger partial charge in [-0.2, -0.15) is 0 Å². The zero-order chi connectivity index (χ0) is 24.2.